The van der Waals surface area contributed by atoms with Crippen molar-refractivity contribution in [2.45, 2.75) is 57.5 Å². The van der Waals surface area contributed by atoms with Gasteiger partial charge in [0.1, 0.15) is 11.8 Å². The van der Waals surface area contributed by atoms with E-state index < -0.39 is 6.04 Å². The molecular weight excluding hydrogens is 282 g/mol. The van der Waals surface area contributed by atoms with Crippen molar-refractivity contribution < 1.29 is 18.7 Å². The predicted molar refractivity (Wildman–Crippen MR) is 80.4 cm³/mol. The number of rotatable bonds is 3. The highest BCUT2D eigenvalue weighted by atomic mass is 16.5. The Morgan fingerprint density at radius 3 is 2.77 bits per heavy atom. The van der Waals surface area contributed by atoms with E-state index in [-0.39, 0.29) is 17.9 Å². The van der Waals surface area contributed by atoms with Gasteiger partial charge >= 0.3 is 5.97 Å². The molecule has 120 valence electrons. The number of furan rings is 1. The van der Waals surface area contributed by atoms with Crippen LogP contribution in [0.2, 0.25) is 0 Å². The molecule has 1 amide bonds. The maximum Gasteiger partial charge on any atom is 0.328 e. The molecule has 1 saturated carbocycles. The number of likely N-dealkylation sites (tertiary alicyclic amines) is 1. The number of carbonyl (C=O) groups excluding carboxylic acids is 2. The van der Waals surface area contributed by atoms with Crippen LogP contribution in [0.1, 0.15) is 55.3 Å². The van der Waals surface area contributed by atoms with Crippen molar-refractivity contribution in [2.75, 3.05) is 7.11 Å². The average Bonchev–Trinajstić information content (AvgIpc) is 3.17. The highest BCUT2D eigenvalue weighted by molar-refractivity contribution is 5.95. The summed E-state index contributed by atoms with van der Waals surface area (Å²) in [7, 11) is 1.38. The monoisotopic (exact) mass is 305 g/mol. The molecular formula is C17H23NO4. The minimum absolute atomic E-state index is 0.139. The number of amides is 1. The summed E-state index contributed by atoms with van der Waals surface area (Å²) in [4.78, 5) is 26.7. The molecule has 2 heterocycles. The van der Waals surface area contributed by atoms with Crippen LogP contribution in [-0.4, -0.2) is 36.0 Å². The Morgan fingerprint density at radius 2 is 2.09 bits per heavy atom. The standard InChI is InChI=1S/C17H23NO4/c1-3-12-8-9-15(22-12)16(19)18-13-7-5-4-6-11(13)10-14(18)17(20)21-2/h8-9,11,13-14H,3-7,10H2,1-2H3/t11-,13-,14+/m1/s1. The Labute approximate surface area is 130 Å². The molecule has 0 N–H and O–H groups in total. The zero-order valence-electron chi connectivity index (χ0n) is 13.2. The Bertz CT molecular complexity index is 565. The van der Waals surface area contributed by atoms with E-state index in [0.29, 0.717) is 18.1 Å². The van der Waals surface area contributed by atoms with Gasteiger partial charge in [0.05, 0.1) is 7.11 Å². The second-order valence-electron chi connectivity index (χ2n) is 6.22. The molecule has 1 saturated heterocycles. The highest BCUT2D eigenvalue weighted by Gasteiger charge is 2.48. The molecule has 0 unspecified atom stereocenters. The van der Waals surface area contributed by atoms with Crippen LogP contribution in [-0.2, 0) is 16.0 Å². The van der Waals surface area contributed by atoms with Crippen LogP contribution in [0.3, 0.4) is 0 Å². The summed E-state index contributed by atoms with van der Waals surface area (Å²) in [5.41, 5.74) is 0. The van der Waals surface area contributed by atoms with Gasteiger partial charge in [0, 0.05) is 12.5 Å². The quantitative estimate of drug-likeness (QED) is 0.806. The van der Waals surface area contributed by atoms with Gasteiger partial charge in [-0.1, -0.05) is 19.8 Å². The fraction of sp³-hybridized carbons (Fsp3) is 0.647. The minimum Gasteiger partial charge on any atom is -0.467 e. The first-order chi connectivity index (χ1) is 10.7. The lowest BCUT2D eigenvalue weighted by Gasteiger charge is -2.32. The summed E-state index contributed by atoms with van der Waals surface area (Å²) in [5.74, 6) is 1.03. The molecule has 5 nitrogen and oxygen atoms in total. The van der Waals surface area contributed by atoms with Gasteiger partial charge in [-0.05, 0) is 37.3 Å². The first kappa shape index (κ1) is 15.1. The number of aryl methyl sites for hydroxylation is 1. The summed E-state index contributed by atoms with van der Waals surface area (Å²) in [5, 5.41) is 0. The predicted octanol–water partition coefficient (Wildman–Crippen LogP) is 2.79. The van der Waals surface area contributed by atoms with Crippen LogP contribution in [0.25, 0.3) is 0 Å². The number of carbonyl (C=O) groups is 2. The third-order valence-electron chi connectivity index (χ3n) is 5.02. The topological polar surface area (TPSA) is 59.8 Å². The van der Waals surface area contributed by atoms with Crippen LogP contribution in [0.4, 0.5) is 0 Å². The molecule has 2 aliphatic rings. The van der Waals surface area contributed by atoms with E-state index in [2.05, 4.69) is 0 Å². The summed E-state index contributed by atoms with van der Waals surface area (Å²) in [6, 6.07) is 3.21. The molecule has 0 aromatic carbocycles. The minimum atomic E-state index is -0.472. The Kier molecular flexibility index (Phi) is 4.23. The van der Waals surface area contributed by atoms with E-state index in [0.717, 1.165) is 31.4 Å². The van der Waals surface area contributed by atoms with Crippen LogP contribution >= 0.6 is 0 Å². The van der Waals surface area contributed by atoms with Gasteiger partial charge in [-0.3, -0.25) is 4.79 Å². The number of methoxy groups -OCH3 is 1. The second-order valence-corrected chi connectivity index (χ2v) is 6.22. The average molecular weight is 305 g/mol. The lowest BCUT2D eigenvalue weighted by molar-refractivity contribution is -0.145. The van der Waals surface area contributed by atoms with Crippen molar-refractivity contribution in [3.05, 3.63) is 23.7 Å². The van der Waals surface area contributed by atoms with Gasteiger partial charge in [0.2, 0.25) is 0 Å². The van der Waals surface area contributed by atoms with Crippen molar-refractivity contribution in [1.82, 2.24) is 4.90 Å². The molecule has 5 heteroatoms. The Hall–Kier alpha value is -1.78. The first-order valence-corrected chi connectivity index (χ1v) is 8.15. The molecule has 3 atom stereocenters. The molecule has 3 rings (SSSR count). The van der Waals surface area contributed by atoms with Crippen LogP contribution in [0.5, 0.6) is 0 Å². The fourth-order valence-corrected chi connectivity index (χ4v) is 3.91. The van der Waals surface area contributed by atoms with Crippen LogP contribution in [0, 0.1) is 5.92 Å². The zero-order chi connectivity index (χ0) is 15.7. The number of nitrogens with zero attached hydrogens (tertiary/aromatic N) is 1. The number of ether oxygens (including phenoxy) is 1. The molecule has 2 fully saturated rings. The lowest BCUT2D eigenvalue weighted by atomic mass is 9.84. The molecule has 0 radical (unpaired) electrons. The van der Waals surface area contributed by atoms with E-state index in [1.807, 2.05) is 13.0 Å². The van der Waals surface area contributed by atoms with E-state index in [4.69, 9.17) is 9.15 Å². The van der Waals surface area contributed by atoms with Gasteiger partial charge in [-0.2, -0.15) is 0 Å². The largest absolute Gasteiger partial charge is 0.467 e. The number of fused-ring (bicyclic) bond motifs is 1. The second kappa shape index (κ2) is 6.15. The zero-order valence-corrected chi connectivity index (χ0v) is 13.2. The SMILES string of the molecule is CCc1ccc(C(=O)N2[C@@H]3CCCC[C@@H]3C[C@H]2C(=O)OC)o1. The lowest BCUT2D eigenvalue weighted by Crippen LogP contribution is -2.46. The van der Waals surface area contributed by atoms with Crippen molar-refractivity contribution in [3.63, 3.8) is 0 Å². The molecule has 1 aliphatic carbocycles. The van der Waals surface area contributed by atoms with Crippen molar-refractivity contribution in [2.24, 2.45) is 5.92 Å². The maximum atomic E-state index is 12.9. The number of esters is 1. The van der Waals surface area contributed by atoms with E-state index in [1.54, 1.807) is 11.0 Å². The third kappa shape index (κ3) is 2.53. The number of hydrogen-bond acceptors (Lipinski definition) is 4. The third-order valence-corrected chi connectivity index (χ3v) is 5.02. The van der Waals surface area contributed by atoms with Crippen molar-refractivity contribution in [3.8, 4) is 0 Å². The molecule has 1 aromatic rings. The first-order valence-electron chi connectivity index (χ1n) is 8.15. The number of hydrogen-bond donors (Lipinski definition) is 0. The van der Waals surface area contributed by atoms with E-state index in [9.17, 15) is 9.59 Å². The van der Waals surface area contributed by atoms with Crippen molar-refractivity contribution in [1.29, 1.82) is 0 Å². The molecule has 0 spiro atoms. The Balaban J connectivity index is 1.89. The maximum absolute atomic E-state index is 12.9. The van der Waals surface area contributed by atoms with Gasteiger partial charge in [0.15, 0.2) is 5.76 Å². The summed E-state index contributed by atoms with van der Waals surface area (Å²) in [6.07, 6.45) is 5.80. The molecule has 22 heavy (non-hydrogen) atoms. The summed E-state index contributed by atoms with van der Waals surface area (Å²) < 4.78 is 10.5. The van der Waals surface area contributed by atoms with Crippen LogP contribution in [0.15, 0.2) is 16.5 Å². The fourth-order valence-electron chi connectivity index (χ4n) is 3.91. The van der Waals surface area contributed by atoms with Crippen LogP contribution < -0.4 is 0 Å². The molecule has 1 aromatic heterocycles. The Morgan fingerprint density at radius 1 is 1.32 bits per heavy atom. The van der Waals surface area contributed by atoms with Crippen molar-refractivity contribution >= 4 is 11.9 Å². The van der Waals surface area contributed by atoms with Gasteiger partial charge < -0.3 is 14.1 Å². The molecule has 1 aliphatic heterocycles. The highest BCUT2D eigenvalue weighted by Crippen LogP contribution is 2.40. The normalized spacial score (nSPS) is 27.5. The van der Waals surface area contributed by atoms with Gasteiger partial charge in [-0.25, -0.2) is 4.79 Å². The summed E-state index contributed by atoms with van der Waals surface area (Å²) in [6.45, 7) is 1.98. The van der Waals surface area contributed by atoms with Gasteiger partial charge in [0.25, 0.3) is 5.91 Å². The summed E-state index contributed by atoms with van der Waals surface area (Å²) >= 11 is 0. The smallest absolute Gasteiger partial charge is 0.328 e. The van der Waals surface area contributed by atoms with E-state index >= 15 is 0 Å². The van der Waals surface area contributed by atoms with Gasteiger partial charge in [-0.15, -0.1) is 0 Å². The molecule has 0 bridgehead atoms. The van der Waals surface area contributed by atoms with E-state index in [1.165, 1.54) is 13.5 Å².